The fourth-order valence-electron chi connectivity index (χ4n) is 2.94. The standard InChI is InChI=1S/C22H18N4O8/c23-17-9-11-18(12-10-17)24(21(27)33-13-15-5-1-3-7-19(15)25(29)30)22(28)34-14-16-6-2-4-8-20(16)26(31)32/h1-12H,13-14,23H2. The zero-order valence-electron chi connectivity index (χ0n) is 17.5. The second-order valence-corrected chi connectivity index (χ2v) is 6.81. The third-order valence-electron chi connectivity index (χ3n) is 4.60. The molecule has 0 aliphatic heterocycles. The van der Waals surface area contributed by atoms with Gasteiger partial charge in [-0.05, 0) is 36.4 Å². The zero-order chi connectivity index (χ0) is 24.7. The Morgan fingerprint density at radius 1 is 0.735 bits per heavy atom. The van der Waals surface area contributed by atoms with E-state index in [2.05, 4.69) is 0 Å². The molecule has 34 heavy (non-hydrogen) atoms. The number of nitrogens with zero attached hydrogens (tertiary/aromatic N) is 3. The fourth-order valence-corrected chi connectivity index (χ4v) is 2.94. The third kappa shape index (κ3) is 5.62. The first-order valence-corrected chi connectivity index (χ1v) is 9.71. The largest absolute Gasteiger partial charge is 0.444 e. The van der Waals surface area contributed by atoms with Crippen LogP contribution >= 0.6 is 0 Å². The number of hydrogen-bond acceptors (Lipinski definition) is 9. The molecule has 0 saturated carbocycles. The van der Waals surface area contributed by atoms with Gasteiger partial charge in [0.2, 0.25) is 0 Å². The highest BCUT2D eigenvalue weighted by Crippen LogP contribution is 2.23. The summed E-state index contributed by atoms with van der Waals surface area (Å²) in [6.45, 7) is -0.974. The molecule has 0 atom stereocenters. The van der Waals surface area contributed by atoms with Crippen LogP contribution in [0, 0.1) is 20.2 Å². The van der Waals surface area contributed by atoms with Crippen LogP contribution in [0.15, 0.2) is 72.8 Å². The van der Waals surface area contributed by atoms with Crippen molar-refractivity contribution in [2.45, 2.75) is 13.2 Å². The van der Waals surface area contributed by atoms with Crippen LogP contribution in [0.25, 0.3) is 0 Å². The van der Waals surface area contributed by atoms with E-state index in [0.29, 0.717) is 10.6 Å². The van der Waals surface area contributed by atoms with Gasteiger partial charge in [-0.3, -0.25) is 20.2 Å². The van der Waals surface area contributed by atoms with E-state index in [-0.39, 0.29) is 28.2 Å². The van der Waals surface area contributed by atoms with Gasteiger partial charge in [0.15, 0.2) is 0 Å². The Hall–Kier alpha value is -5.00. The highest BCUT2D eigenvalue weighted by atomic mass is 16.6. The van der Waals surface area contributed by atoms with Crippen molar-refractivity contribution >= 4 is 34.9 Å². The maximum Gasteiger partial charge on any atom is 0.424 e. The summed E-state index contributed by atoms with van der Waals surface area (Å²) in [6.07, 6.45) is -2.34. The molecule has 12 heteroatoms. The molecule has 3 aromatic rings. The lowest BCUT2D eigenvalue weighted by atomic mass is 10.2. The summed E-state index contributed by atoms with van der Waals surface area (Å²) < 4.78 is 10.3. The van der Waals surface area contributed by atoms with Gasteiger partial charge < -0.3 is 15.2 Å². The van der Waals surface area contributed by atoms with Gasteiger partial charge in [-0.15, -0.1) is 0 Å². The molecule has 3 rings (SSSR count). The highest BCUT2D eigenvalue weighted by Gasteiger charge is 2.28. The summed E-state index contributed by atoms with van der Waals surface area (Å²) in [4.78, 5) is 47.3. The Labute approximate surface area is 192 Å². The van der Waals surface area contributed by atoms with Gasteiger partial charge in [-0.1, -0.05) is 24.3 Å². The van der Waals surface area contributed by atoms with Crippen molar-refractivity contribution in [2.75, 3.05) is 10.6 Å². The van der Waals surface area contributed by atoms with Gasteiger partial charge in [0, 0.05) is 17.8 Å². The number of nitro groups is 2. The topological polar surface area (TPSA) is 168 Å². The van der Waals surface area contributed by atoms with E-state index in [1.165, 1.54) is 72.8 Å². The molecule has 0 aliphatic carbocycles. The van der Waals surface area contributed by atoms with Crippen molar-refractivity contribution in [3.05, 3.63) is 104 Å². The third-order valence-corrected chi connectivity index (χ3v) is 4.60. The number of carbonyl (C=O) groups is 2. The molecule has 0 unspecified atom stereocenters. The van der Waals surface area contributed by atoms with Gasteiger partial charge in [-0.2, -0.15) is 4.90 Å². The van der Waals surface area contributed by atoms with E-state index in [0.717, 1.165) is 0 Å². The number of amides is 2. The quantitative estimate of drug-likeness (QED) is 0.298. The Balaban J connectivity index is 1.81. The maximum absolute atomic E-state index is 12.8. The first kappa shape index (κ1) is 23.7. The number of nitrogen functional groups attached to an aromatic ring is 1. The lowest BCUT2D eigenvalue weighted by Gasteiger charge is -2.20. The average molecular weight is 466 g/mol. The summed E-state index contributed by atoms with van der Waals surface area (Å²) in [5.74, 6) is 0. The molecule has 2 N–H and O–H groups in total. The predicted octanol–water partition coefficient (Wildman–Crippen LogP) is 4.57. The molecular formula is C22H18N4O8. The summed E-state index contributed by atoms with van der Waals surface area (Å²) in [5.41, 5.74) is 5.80. The molecule has 0 aliphatic rings. The minimum Gasteiger partial charge on any atom is -0.444 e. The minimum absolute atomic E-state index is 0.0503. The number of rotatable bonds is 7. The molecule has 0 aromatic heterocycles. The average Bonchev–Trinajstić information content (AvgIpc) is 2.83. The number of benzene rings is 3. The van der Waals surface area contributed by atoms with Crippen LogP contribution in [-0.4, -0.2) is 22.0 Å². The summed E-state index contributed by atoms with van der Waals surface area (Å²) >= 11 is 0. The number of ether oxygens (including phenoxy) is 2. The zero-order valence-corrected chi connectivity index (χ0v) is 17.5. The lowest BCUT2D eigenvalue weighted by Crippen LogP contribution is -2.37. The Morgan fingerprint density at radius 3 is 1.56 bits per heavy atom. The molecule has 0 heterocycles. The first-order chi connectivity index (χ1) is 16.3. The molecule has 0 saturated heterocycles. The van der Waals surface area contributed by atoms with Gasteiger partial charge in [0.1, 0.15) is 13.2 Å². The lowest BCUT2D eigenvalue weighted by molar-refractivity contribution is -0.386. The molecule has 0 bridgehead atoms. The summed E-state index contributed by atoms with van der Waals surface area (Å²) in [5, 5.41) is 22.4. The fraction of sp³-hybridized carbons (Fsp3) is 0.0909. The monoisotopic (exact) mass is 466 g/mol. The first-order valence-electron chi connectivity index (χ1n) is 9.71. The number of hydrogen-bond donors (Lipinski definition) is 1. The summed E-state index contributed by atoms with van der Waals surface area (Å²) in [6, 6.07) is 16.9. The van der Waals surface area contributed by atoms with E-state index in [1.54, 1.807) is 0 Å². The molecule has 3 aromatic carbocycles. The molecule has 12 nitrogen and oxygen atoms in total. The molecule has 174 valence electrons. The van der Waals surface area contributed by atoms with E-state index in [1.807, 2.05) is 0 Å². The second kappa shape index (κ2) is 10.5. The summed E-state index contributed by atoms with van der Waals surface area (Å²) in [7, 11) is 0. The van der Waals surface area contributed by atoms with Crippen molar-refractivity contribution in [1.82, 2.24) is 0 Å². The van der Waals surface area contributed by atoms with Gasteiger partial charge in [0.05, 0.1) is 26.7 Å². The smallest absolute Gasteiger partial charge is 0.424 e. The minimum atomic E-state index is -1.17. The second-order valence-electron chi connectivity index (χ2n) is 6.81. The van der Waals surface area contributed by atoms with Crippen LogP contribution in [0.1, 0.15) is 11.1 Å². The van der Waals surface area contributed by atoms with Gasteiger partial charge in [-0.25, -0.2) is 9.59 Å². The van der Waals surface area contributed by atoms with Crippen LogP contribution in [0.3, 0.4) is 0 Å². The van der Waals surface area contributed by atoms with Crippen molar-refractivity contribution in [3.63, 3.8) is 0 Å². The number of nitrogens with two attached hydrogens (primary N) is 1. The number of imide groups is 1. The van der Waals surface area contributed by atoms with E-state index in [4.69, 9.17) is 15.2 Å². The Morgan fingerprint density at radius 2 is 1.15 bits per heavy atom. The molecule has 0 radical (unpaired) electrons. The molecular weight excluding hydrogens is 448 g/mol. The van der Waals surface area contributed by atoms with E-state index in [9.17, 15) is 29.8 Å². The molecule has 0 spiro atoms. The highest BCUT2D eigenvalue weighted by molar-refractivity contribution is 6.09. The van der Waals surface area contributed by atoms with Crippen molar-refractivity contribution in [3.8, 4) is 0 Å². The number of carbonyl (C=O) groups excluding carboxylic acids is 2. The number of nitro benzene ring substituents is 2. The number of para-hydroxylation sites is 2. The van der Waals surface area contributed by atoms with Crippen LogP contribution < -0.4 is 10.6 Å². The normalized spacial score (nSPS) is 10.2. The van der Waals surface area contributed by atoms with Crippen molar-refractivity contribution < 1.29 is 28.9 Å². The predicted molar refractivity (Wildman–Crippen MR) is 120 cm³/mol. The Kier molecular flexibility index (Phi) is 7.34. The van der Waals surface area contributed by atoms with Crippen LogP contribution in [0.2, 0.25) is 0 Å². The van der Waals surface area contributed by atoms with Crippen LogP contribution in [0.4, 0.5) is 32.3 Å². The Bertz CT molecular complexity index is 1160. The van der Waals surface area contributed by atoms with Crippen molar-refractivity contribution in [2.24, 2.45) is 0 Å². The molecule has 0 fully saturated rings. The van der Waals surface area contributed by atoms with Gasteiger partial charge >= 0.3 is 12.2 Å². The maximum atomic E-state index is 12.8. The number of anilines is 2. The van der Waals surface area contributed by atoms with Gasteiger partial charge in [0.25, 0.3) is 11.4 Å². The SMILES string of the molecule is Nc1ccc(N(C(=O)OCc2ccccc2[N+](=O)[O-])C(=O)OCc2ccccc2[N+](=O)[O-])cc1. The van der Waals surface area contributed by atoms with Crippen molar-refractivity contribution in [1.29, 1.82) is 0 Å². The van der Waals surface area contributed by atoms with E-state index >= 15 is 0 Å². The van der Waals surface area contributed by atoms with Crippen LogP contribution in [0.5, 0.6) is 0 Å². The van der Waals surface area contributed by atoms with Crippen LogP contribution in [-0.2, 0) is 22.7 Å². The van der Waals surface area contributed by atoms with E-state index < -0.39 is 35.2 Å². The molecule has 2 amide bonds.